The van der Waals surface area contributed by atoms with Gasteiger partial charge < -0.3 is 14.5 Å². The fourth-order valence-corrected chi connectivity index (χ4v) is 5.14. The third-order valence-electron chi connectivity index (χ3n) is 4.85. The van der Waals surface area contributed by atoms with Crippen molar-refractivity contribution in [2.45, 2.75) is 56.5 Å². The molecule has 1 aliphatic rings. The van der Waals surface area contributed by atoms with Gasteiger partial charge in [-0.3, -0.25) is 9.59 Å². The minimum atomic E-state index is -3.76. The molecule has 27 heavy (non-hydrogen) atoms. The van der Waals surface area contributed by atoms with Gasteiger partial charge in [-0.1, -0.05) is 32.1 Å². The molecule has 1 atom stereocenters. The van der Waals surface area contributed by atoms with Crippen LogP contribution in [0, 0.1) is 5.92 Å². The van der Waals surface area contributed by atoms with Crippen molar-refractivity contribution in [1.29, 1.82) is 0 Å². The van der Waals surface area contributed by atoms with Crippen molar-refractivity contribution in [3.63, 3.8) is 0 Å². The van der Waals surface area contributed by atoms with Crippen LogP contribution < -0.4 is 5.32 Å². The third-order valence-corrected chi connectivity index (χ3v) is 6.81. The van der Waals surface area contributed by atoms with E-state index in [0.29, 0.717) is 12.4 Å². The highest BCUT2D eigenvalue weighted by atomic mass is 32.2. The SMILES string of the molecule is CCOCC(=O)CNC(=O)[C@@H](CC1CCCCC1)S(=O)(=O)Cc1ccco1. The number of carbonyl (C=O) groups excluding carboxylic acids is 2. The second-order valence-electron chi connectivity index (χ2n) is 7.01. The molecule has 0 aromatic carbocycles. The van der Waals surface area contributed by atoms with Gasteiger partial charge in [-0.05, 0) is 31.4 Å². The Kier molecular flexibility index (Phi) is 8.50. The summed E-state index contributed by atoms with van der Waals surface area (Å²) >= 11 is 0. The Hall–Kier alpha value is -1.67. The zero-order valence-corrected chi connectivity index (χ0v) is 16.6. The Morgan fingerprint density at radius 2 is 2.04 bits per heavy atom. The maximum atomic E-state index is 12.9. The minimum absolute atomic E-state index is 0.0940. The summed E-state index contributed by atoms with van der Waals surface area (Å²) in [6.07, 6.45) is 6.83. The first kappa shape index (κ1) is 21.6. The van der Waals surface area contributed by atoms with Crippen LogP contribution in [0.4, 0.5) is 0 Å². The quantitative estimate of drug-likeness (QED) is 0.612. The molecule has 0 spiro atoms. The Morgan fingerprint density at radius 3 is 2.67 bits per heavy atom. The Morgan fingerprint density at radius 1 is 1.30 bits per heavy atom. The maximum Gasteiger partial charge on any atom is 0.238 e. The smallest absolute Gasteiger partial charge is 0.238 e. The van der Waals surface area contributed by atoms with Crippen molar-refractivity contribution >= 4 is 21.5 Å². The van der Waals surface area contributed by atoms with Crippen molar-refractivity contribution in [2.75, 3.05) is 19.8 Å². The number of hydrogen-bond donors (Lipinski definition) is 1. The van der Waals surface area contributed by atoms with Gasteiger partial charge in [0.25, 0.3) is 0 Å². The van der Waals surface area contributed by atoms with E-state index in [1.807, 2.05) is 0 Å². The molecular formula is C19H29NO6S. The largest absolute Gasteiger partial charge is 0.468 e. The predicted molar refractivity (Wildman–Crippen MR) is 101 cm³/mol. The van der Waals surface area contributed by atoms with Crippen LogP contribution in [0.3, 0.4) is 0 Å². The van der Waals surface area contributed by atoms with E-state index in [1.54, 1.807) is 19.1 Å². The number of Topliss-reactive ketones (excluding diaryl/α,β-unsaturated/α-hetero) is 1. The Labute approximate surface area is 160 Å². The van der Waals surface area contributed by atoms with E-state index >= 15 is 0 Å². The summed E-state index contributed by atoms with van der Waals surface area (Å²) in [6, 6.07) is 3.20. The summed E-state index contributed by atoms with van der Waals surface area (Å²) in [5.74, 6) is -0.705. The summed E-state index contributed by atoms with van der Waals surface area (Å²) in [6.45, 7) is 1.86. The lowest BCUT2D eigenvalue weighted by Gasteiger charge is -2.25. The molecule has 0 bridgehead atoms. The summed E-state index contributed by atoms with van der Waals surface area (Å²) < 4.78 is 36.0. The highest BCUT2D eigenvalue weighted by molar-refractivity contribution is 7.92. The summed E-state index contributed by atoms with van der Waals surface area (Å²) in [5.41, 5.74) is 0. The predicted octanol–water partition coefficient (Wildman–Crippen LogP) is 2.26. The molecule has 1 aromatic heterocycles. The van der Waals surface area contributed by atoms with Gasteiger partial charge in [0.1, 0.15) is 23.4 Å². The Bertz CT molecular complexity index is 692. The zero-order chi connectivity index (χ0) is 19.7. The van der Waals surface area contributed by atoms with Gasteiger partial charge in [-0.25, -0.2) is 8.42 Å². The molecule has 152 valence electrons. The van der Waals surface area contributed by atoms with E-state index in [0.717, 1.165) is 32.1 Å². The van der Waals surface area contributed by atoms with E-state index < -0.39 is 21.0 Å². The third kappa shape index (κ3) is 7.10. The lowest BCUT2D eigenvalue weighted by Crippen LogP contribution is -2.44. The van der Waals surface area contributed by atoms with Crippen LogP contribution in [0.1, 0.15) is 51.2 Å². The molecule has 1 aliphatic carbocycles. The van der Waals surface area contributed by atoms with Gasteiger partial charge in [0.15, 0.2) is 15.6 Å². The van der Waals surface area contributed by atoms with Crippen molar-refractivity contribution in [3.8, 4) is 0 Å². The van der Waals surface area contributed by atoms with Gasteiger partial charge in [-0.2, -0.15) is 0 Å². The number of rotatable bonds is 11. The lowest BCUT2D eigenvalue weighted by molar-refractivity contribution is -0.127. The number of nitrogens with one attached hydrogen (secondary N) is 1. The lowest BCUT2D eigenvalue weighted by atomic mass is 9.86. The monoisotopic (exact) mass is 399 g/mol. The van der Waals surface area contributed by atoms with E-state index in [1.165, 1.54) is 6.26 Å². The van der Waals surface area contributed by atoms with Crippen LogP contribution in [0.2, 0.25) is 0 Å². The Balaban J connectivity index is 2.05. The second kappa shape index (κ2) is 10.6. The molecule has 1 aromatic rings. The summed E-state index contributed by atoms with van der Waals surface area (Å²) in [4.78, 5) is 24.4. The molecule has 0 unspecified atom stereocenters. The first-order chi connectivity index (χ1) is 12.9. The van der Waals surface area contributed by atoms with Gasteiger partial charge in [0.2, 0.25) is 5.91 Å². The normalized spacial score (nSPS) is 16.8. The van der Waals surface area contributed by atoms with Crippen LogP contribution >= 0.6 is 0 Å². The van der Waals surface area contributed by atoms with Crippen molar-refractivity contribution in [3.05, 3.63) is 24.2 Å². The minimum Gasteiger partial charge on any atom is -0.468 e. The maximum absolute atomic E-state index is 12.9. The molecule has 1 saturated carbocycles. The van der Waals surface area contributed by atoms with Crippen LogP contribution in [0.15, 0.2) is 22.8 Å². The summed E-state index contributed by atoms with van der Waals surface area (Å²) in [5, 5.41) is 1.31. The first-order valence-electron chi connectivity index (χ1n) is 9.53. The molecule has 1 N–H and O–H groups in total. The van der Waals surface area contributed by atoms with Crippen molar-refractivity contribution < 1.29 is 27.2 Å². The fraction of sp³-hybridized carbons (Fsp3) is 0.684. The molecule has 8 heteroatoms. The van der Waals surface area contributed by atoms with Crippen molar-refractivity contribution in [2.24, 2.45) is 5.92 Å². The highest BCUT2D eigenvalue weighted by Crippen LogP contribution is 2.30. The topological polar surface area (TPSA) is 103 Å². The molecule has 7 nitrogen and oxygen atoms in total. The molecule has 1 amide bonds. The van der Waals surface area contributed by atoms with Crippen LogP contribution in [0.5, 0.6) is 0 Å². The number of ketones is 1. The number of carbonyl (C=O) groups is 2. The molecule has 1 fully saturated rings. The second-order valence-corrected chi connectivity index (χ2v) is 9.19. The fourth-order valence-electron chi connectivity index (χ4n) is 3.40. The molecular weight excluding hydrogens is 370 g/mol. The van der Waals surface area contributed by atoms with Crippen LogP contribution in [-0.2, 0) is 29.9 Å². The number of furan rings is 1. The van der Waals surface area contributed by atoms with E-state index in [-0.39, 0.29) is 37.0 Å². The highest BCUT2D eigenvalue weighted by Gasteiger charge is 2.35. The standard InChI is InChI=1S/C19H29NO6S/c1-2-25-13-16(21)12-20-19(22)18(11-15-7-4-3-5-8-15)27(23,24)14-17-9-6-10-26-17/h6,9-10,15,18H,2-5,7-8,11-14H2,1H3,(H,20,22)/t18-/m1/s1. The van der Waals surface area contributed by atoms with E-state index in [9.17, 15) is 18.0 Å². The van der Waals surface area contributed by atoms with Gasteiger partial charge in [0.05, 0.1) is 12.8 Å². The van der Waals surface area contributed by atoms with Gasteiger partial charge in [-0.15, -0.1) is 0 Å². The average Bonchev–Trinajstić information content (AvgIpc) is 3.15. The van der Waals surface area contributed by atoms with E-state index in [2.05, 4.69) is 5.32 Å². The summed E-state index contributed by atoms with van der Waals surface area (Å²) in [7, 11) is -3.76. The molecule has 2 rings (SSSR count). The number of amides is 1. The van der Waals surface area contributed by atoms with E-state index in [4.69, 9.17) is 9.15 Å². The average molecular weight is 400 g/mol. The van der Waals surface area contributed by atoms with Gasteiger partial charge >= 0.3 is 0 Å². The molecule has 0 aliphatic heterocycles. The molecule has 1 heterocycles. The molecule has 0 saturated heterocycles. The van der Waals surface area contributed by atoms with Gasteiger partial charge in [0, 0.05) is 6.61 Å². The molecule has 0 radical (unpaired) electrons. The first-order valence-corrected chi connectivity index (χ1v) is 11.2. The van der Waals surface area contributed by atoms with Crippen LogP contribution in [0.25, 0.3) is 0 Å². The van der Waals surface area contributed by atoms with Crippen LogP contribution in [-0.4, -0.2) is 45.1 Å². The van der Waals surface area contributed by atoms with Crippen molar-refractivity contribution in [1.82, 2.24) is 5.32 Å². The number of hydrogen-bond acceptors (Lipinski definition) is 6. The number of ether oxygens (including phenoxy) is 1. The number of sulfone groups is 1. The zero-order valence-electron chi connectivity index (χ0n) is 15.8.